The third kappa shape index (κ3) is 10.3. The van der Waals surface area contributed by atoms with Gasteiger partial charge in [-0.05, 0) is 37.6 Å². The molecular weight excluding hydrogens is 446 g/mol. The van der Waals surface area contributed by atoms with Gasteiger partial charge in [-0.15, -0.1) is 11.3 Å². The summed E-state index contributed by atoms with van der Waals surface area (Å²) in [6, 6.07) is 6.77. The molecule has 0 radical (unpaired) electrons. The van der Waals surface area contributed by atoms with E-state index in [1.807, 2.05) is 12.3 Å². The lowest BCUT2D eigenvalue weighted by Crippen LogP contribution is -2.44. The SMILES string of the molecule is CCCCCOc1ccc(C(=O)CCC(=O)OCC(=O)NNC(=O)Cc2nc(C)cs2)cc1. The molecule has 1 heterocycles. The van der Waals surface area contributed by atoms with Crippen LogP contribution in [0.3, 0.4) is 0 Å². The van der Waals surface area contributed by atoms with Crippen molar-refractivity contribution in [2.75, 3.05) is 13.2 Å². The van der Waals surface area contributed by atoms with Crippen LogP contribution in [0.1, 0.15) is 60.1 Å². The van der Waals surface area contributed by atoms with Crippen molar-refractivity contribution in [2.45, 2.75) is 52.4 Å². The zero-order valence-corrected chi connectivity index (χ0v) is 19.7. The van der Waals surface area contributed by atoms with Gasteiger partial charge in [0.15, 0.2) is 12.4 Å². The number of hydrogen-bond donors (Lipinski definition) is 2. The van der Waals surface area contributed by atoms with Crippen LogP contribution < -0.4 is 15.6 Å². The molecule has 1 aromatic carbocycles. The molecule has 2 amide bonds. The maximum atomic E-state index is 12.2. The maximum Gasteiger partial charge on any atom is 0.306 e. The van der Waals surface area contributed by atoms with Gasteiger partial charge in [0.2, 0.25) is 5.91 Å². The van der Waals surface area contributed by atoms with Crippen molar-refractivity contribution < 1.29 is 28.7 Å². The molecule has 10 heteroatoms. The molecule has 9 nitrogen and oxygen atoms in total. The molecular formula is C23H29N3O6S. The Morgan fingerprint density at radius 1 is 1.00 bits per heavy atom. The Kier molecular flexibility index (Phi) is 11.0. The summed E-state index contributed by atoms with van der Waals surface area (Å²) in [6.07, 6.45) is 3.05. The first-order valence-electron chi connectivity index (χ1n) is 10.8. The normalized spacial score (nSPS) is 10.4. The van der Waals surface area contributed by atoms with Gasteiger partial charge in [0.25, 0.3) is 5.91 Å². The minimum Gasteiger partial charge on any atom is -0.494 e. The second-order valence-corrected chi connectivity index (χ2v) is 8.26. The summed E-state index contributed by atoms with van der Waals surface area (Å²) in [6.45, 7) is 4.02. The third-order valence-electron chi connectivity index (χ3n) is 4.43. The van der Waals surface area contributed by atoms with Crippen LogP contribution in [-0.2, 0) is 25.5 Å². The zero-order valence-electron chi connectivity index (χ0n) is 18.8. The number of aromatic nitrogens is 1. The number of benzene rings is 1. The highest BCUT2D eigenvalue weighted by molar-refractivity contribution is 7.09. The predicted molar refractivity (Wildman–Crippen MR) is 123 cm³/mol. The number of ketones is 1. The molecule has 178 valence electrons. The van der Waals surface area contributed by atoms with Crippen molar-refractivity contribution in [3.63, 3.8) is 0 Å². The third-order valence-corrected chi connectivity index (χ3v) is 5.40. The van der Waals surface area contributed by atoms with Gasteiger partial charge in [0, 0.05) is 23.1 Å². The Morgan fingerprint density at radius 3 is 2.39 bits per heavy atom. The predicted octanol–water partition coefficient (Wildman–Crippen LogP) is 2.92. The van der Waals surface area contributed by atoms with Gasteiger partial charge < -0.3 is 9.47 Å². The number of thiazole rings is 1. The topological polar surface area (TPSA) is 124 Å². The van der Waals surface area contributed by atoms with E-state index < -0.39 is 24.4 Å². The molecule has 0 fully saturated rings. The zero-order chi connectivity index (χ0) is 24.1. The van der Waals surface area contributed by atoms with Crippen molar-refractivity contribution in [2.24, 2.45) is 0 Å². The number of nitrogens with one attached hydrogen (secondary N) is 2. The van der Waals surface area contributed by atoms with Crippen LogP contribution in [0.2, 0.25) is 0 Å². The van der Waals surface area contributed by atoms with Gasteiger partial charge in [-0.2, -0.15) is 0 Å². The molecule has 33 heavy (non-hydrogen) atoms. The van der Waals surface area contributed by atoms with Crippen molar-refractivity contribution in [3.8, 4) is 5.75 Å². The highest BCUT2D eigenvalue weighted by Gasteiger charge is 2.13. The summed E-state index contributed by atoms with van der Waals surface area (Å²) >= 11 is 1.35. The number of nitrogens with zero attached hydrogens (tertiary/aromatic N) is 1. The number of amides is 2. The molecule has 2 aromatic rings. The summed E-state index contributed by atoms with van der Waals surface area (Å²) in [7, 11) is 0. The first-order chi connectivity index (χ1) is 15.9. The number of hydrazine groups is 1. The van der Waals surface area contributed by atoms with E-state index in [9.17, 15) is 19.2 Å². The molecule has 2 rings (SSSR count). The van der Waals surface area contributed by atoms with Gasteiger partial charge in [-0.1, -0.05) is 19.8 Å². The van der Waals surface area contributed by atoms with Gasteiger partial charge in [-0.25, -0.2) is 4.98 Å². The Hall–Kier alpha value is -3.27. The van der Waals surface area contributed by atoms with E-state index in [0.717, 1.165) is 25.0 Å². The van der Waals surface area contributed by atoms with Gasteiger partial charge in [-0.3, -0.25) is 30.0 Å². The molecule has 0 saturated carbocycles. The molecule has 0 saturated heterocycles. The number of hydrogen-bond acceptors (Lipinski definition) is 8. The lowest BCUT2D eigenvalue weighted by atomic mass is 10.1. The molecule has 2 N–H and O–H groups in total. The average molecular weight is 476 g/mol. The summed E-state index contributed by atoms with van der Waals surface area (Å²) in [5.74, 6) is -1.32. The van der Waals surface area contributed by atoms with Gasteiger partial charge in [0.1, 0.15) is 10.8 Å². The van der Waals surface area contributed by atoms with Crippen LogP contribution in [0.5, 0.6) is 5.75 Å². The maximum absolute atomic E-state index is 12.2. The number of rotatable bonds is 13. The first-order valence-corrected chi connectivity index (χ1v) is 11.7. The van der Waals surface area contributed by atoms with Crippen molar-refractivity contribution >= 4 is 34.9 Å². The lowest BCUT2D eigenvalue weighted by Gasteiger charge is -2.08. The Balaban J connectivity index is 1.61. The van der Waals surface area contributed by atoms with E-state index in [1.165, 1.54) is 11.3 Å². The second kappa shape index (κ2) is 14.0. The average Bonchev–Trinajstić information content (AvgIpc) is 3.22. The van der Waals surface area contributed by atoms with Gasteiger partial charge in [0.05, 0.1) is 19.4 Å². The minimum atomic E-state index is -0.687. The van der Waals surface area contributed by atoms with E-state index >= 15 is 0 Å². The van der Waals surface area contributed by atoms with E-state index in [4.69, 9.17) is 9.47 Å². The highest BCUT2D eigenvalue weighted by Crippen LogP contribution is 2.15. The molecule has 0 aliphatic carbocycles. The van der Waals surface area contributed by atoms with Crippen LogP contribution in [0, 0.1) is 6.92 Å². The fourth-order valence-electron chi connectivity index (χ4n) is 2.70. The summed E-state index contributed by atoms with van der Waals surface area (Å²) in [5.41, 5.74) is 5.69. The Bertz CT molecular complexity index is 942. The van der Waals surface area contributed by atoms with Crippen molar-refractivity contribution in [1.29, 1.82) is 0 Å². The van der Waals surface area contributed by atoms with E-state index in [1.54, 1.807) is 24.3 Å². The van der Waals surface area contributed by atoms with E-state index in [-0.39, 0.29) is 25.0 Å². The number of ether oxygens (including phenoxy) is 2. The second-order valence-electron chi connectivity index (χ2n) is 7.32. The summed E-state index contributed by atoms with van der Waals surface area (Å²) in [4.78, 5) is 51.7. The molecule has 0 aliphatic heterocycles. The number of esters is 1. The first kappa shape index (κ1) is 26.0. The Morgan fingerprint density at radius 2 is 1.73 bits per heavy atom. The fraction of sp³-hybridized carbons (Fsp3) is 0.435. The minimum absolute atomic E-state index is 0.0344. The number of Topliss-reactive ketones (excluding diaryl/α,β-unsaturated/α-hetero) is 1. The molecule has 0 aliphatic rings. The monoisotopic (exact) mass is 475 g/mol. The number of carbonyl (C=O) groups is 4. The largest absolute Gasteiger partial charge is 0.494 e. The smallest absolute Gasteiger partial charge is 0.306 e. The van der Waals surface area contributed by atoms with Crippen LogP contribution >= 0.6 is 11.3 Å². The molecule has 0 spiro atoms. The molecule has 0 unspecified atom stereocenters. The van der Waals surface area contributed by atoms with Crippen molar-refractivity contribution in [3.05, 3.63) is 45.9 Å². The standard InChI is InChI=1S/C23H29N3O6S/c1-3-4-5-12-31-18-8-6-17(7-9-18)19(27)10-11-23(30)32-14-21(29)26-25-20(28)13-22-24-16(2)15-33-22/h6-9,15H,3-5,10-14H2,1-2H3,(H,25,28)(H,26,29). The van der Waals surface area contributed by atoms with Crippen LogP contribution in [0.25, 0.3) is 0 Å². The van der Waals surface area contributed by atoms with Crippen LogP contribution in [0.4, 0.5) is 0 Å². The number of carbonyl (C=O) groups excluding carboxylic acids is 4. The lowest BCUT2D eigenvalue weighted by molar-refractivity contribution is -0.148. The quantitative estimate of drug-likeness (QED) is 0.198. The summed E-state index contributed by atoms with van der Waals surface area (Å²) in [5, 5.41) is 2.45. The van der Waals surface area contributed by atoms with Gasteiger partial charge >= 0.3 is 5.97 Å². The van der Waals surface area contributed by atoms with Crippen molar-refractivity contribution in [1.82, 2.24) is 15.8 Å². The van der Waals surface area contributed by atoms with Crippen LogP contribution in [-0.4, -0.2) is 41.8 Å². The number of aryl methyl sites for hydroxylation is 1. The summed E-state index contributed by atoms with van der Waals surface area (Å²) < 4.78 is 10.5. The van der Waals surface area contributed by atoms with Crippen LogP contribution in [0.15, 0.2) is 29.6 Å². The highest BCUT2D eigenvalue weighted by atomic mass is 32.1. The molecule has 1 aromatic heterocycles. The van der Waals surface area contributed by atoms with E-state index in [2.05, 4.69) is 22.8 Å². The fourth-order valence-corrected chi connectivity index (χ4v) is 3.47. The van der Waals surface area contributed by atoms with E-state index in [0.29, 0.717) is 22.9 Å². The Labute approximate surface area is 196 Å². The molecule has 0 atom stereocenters. The molecule has 0 bridgehead atoms. The number of unbranched alkanes of at least 4 members (excludes halogenated alkanes) is 2.